The molecule has 46 valence electrons. The normalized spacial score (nSPS) is 8.50. The van der Waals surface area contributed by atoms with Gasteiger partial charge in [0.1, 0.15) is 6.67 Å². The Morgan fingerprint density at radius 1 is 1.50 bits per heavy atom. The molecule has 0 aliphatic rings. The SMILES string of the molecule is C=CCNNCN=C. The quantitative estimate of drug-likeness (QED) is 0.226. The Bertz CT molecular complexity index is 60.1. The highest BCUT2D eigenvalue weighted by Gasteiger charge is 1.72. The maximum absolute atomic E-state index is 3.55. The molecule has 0 amide bonds. The summed E-state index contributed by atoms with van der Waals surface area (Å²) in [7, 11) is 0. The fourth-order valence-electron chi connectivity index (χ4n) is 0.256. The topological polar surface area (TPSA) is 36.4 Å². The maximum atomic E-state index is 3.55. The molecule has 0 spiro atoms. The van der Waals surface area contributed by atoms with Crippen molar-refractivity contribution in [3.05, 3.63) is 12.7 Å². The summed E-state index contributed by atoms with van der Waals surface area (Å²) in [6.07, 6.45) is 1.76. The molecule has 0 saturated carbocycles. The van der Waals surface area contributed by atoms with E-state index in [9.17, 15) is 0 Å². The molecular formula is C5H11N3. The lowest BCUT2D eigenvalue weighted by Gasteiger charge is -1.97. The van der Waals surface area contributed by atoms with Gasteiger partial charge in [-0.2, -0.15) is 0 Å². The Labute approximate surface area is 49.5 Å². The van der Waals surface area contributed by atoms with Crippen molar-refractivity contribution < 1.29 is 0 Å². The van der Waals surface area contributed by atoms with Gasteiger partial charge in [-0.3, -0.25) is 10.4 Å². The van der Waals surface area contributed by atoms with Crippen molar-refractivity contribution in [2.24, 2.45) is 4.99 Å². The van der Waals surface area contributed by atoms with Crippen molar-refractivity contribution >= 4 is 6.72 Å². The molecule has 0 fully saturated rings. The van der Waals surface area contributed by atoms with Gasteiger partial charge in [-0.15, -0.1) is 6.58 Å². The van der Waals surface area contributed by atoms with Crippen molar-refractivity contribution in [1.29, 1.82) is 0 Å². The van der Waals surface area contributed by atoms with Gasteiger partial charge in [0.2, 0.25) is 0 Å². The van der Waals surface area contributed by atoms with E-state index in [2.05, 4.69) is 29.1 Å². The Kier molecular flexibility index (Phi) is 5.80. The maximum Gasteiger partial charge on any atom is 0.100 e. The van der Waals surface area contributed by atoms with Gasteiger partial charge in [-0.1, -0.05) is 6.08 Å². The summed E-state index contributed by atoms with van der Waals surface area (Å²) in [6.45, 7) is 8.07. The summed E-state index contributed by atoms with van der Waals surface area (Å²) in [5.41, 5.74) is 5.62. The van der Waals surface area contributed by atoms with Crippen LogP contribution in [0.15, 0.2) is 17.6 Å². The van der Waals surface area contributed by atoms with E-state index in [4.69, 9.17) is 0 Å². The van der Waals surface area contributed by atoms with Gasteiger partial charge in [0.05, 0.1) is 0 Å². The fourth-order valence-corrected chi connectivity index (χ4v) is 0.256. The van der Waals surface area contributed by atoms with E-state index >= 15 is 0 Å². The summed E-state index contributed by atoms with van der Waals surface area (Å²) >= 11 is 0. The lowest BCUT2D eigenvalue weighted by atomic mass is 10.7. The predicted octanol–water partition coefficient (Wildman–Crippen LogP) is -0.0753. The number of hydrazine groups is 1. The van der Waals surface area contributed by atoms with Crippen LogP contribution < -0.4 is 10.9 Å². The van der Waals surface area contributed by atoms with E-state index in [0.717, 1.165) is 6.54 Å². The zero-order valence-electron chi connectivity index (χ0n) is 4.85. The first kappa shape index (κ1) is 7.33. The van der Waals surface area contributed by atoms with Gasteiger partial charge < -0.3 is 0 Å². The van der Waals surface area contributed by atoms with Gasteiger partial charge in [0.15, 0.2) is 0 Å². The van der Waals surface area contributed by atoms with Crippen LogP contribution >= 0.6 is 0 Å². The largest absolute Gasteiger partial charge is 0.284 e. The summed E-state index contributed by atoms with van der Waals surface area (Å²) in [5, 5.41) is 0. The highest BCUT2D eigenvalue weighted by molar-refractivity contribution is 5.22. The zero-order chi connectivity index (χ0) is 6.24. The lowest BCUT2D eigenvalue weighted by Crippen LogP contribution is -2.31. The number of aliphatic imine (C=N–C) groups is 1. The monoisotopic (exact) mass is 113 g/mol. The zero-order valence-corrected chi connectivity index (χ0v) is 4.85. The molecule has 0 aromatic heterocycles. The number of nitrogens with one attached hydrogen (secondary N) is 2. The Balaban J connectivity index is 2.71. The molecule has 0 aliphatic heterocycles. The molecule has 0 rings (SSSR count). The van der Waals surface area contributed by atoms with Crippen LogP contribution in [-0.2, 0) is 0 Å². The van der Waals surface area contributed by atoms with Gasteiger partial charge in [-0.05, 0) is 6.72 Å². The molecule has 0 unspecified atom stereocenters. The number of hydrogen-bond donors (Lipinski definition) is 2. The fraction of sp³-hybridized carbons (Fsp3) is 0.400. The molecule has 0 aromatic rings. The Hall–Kier alpha value is -0.670. The van der Waals surface area contributed by atoms with Gasteiger partial charge in [-0.25, -0.2) is 5.43 Å². The molecule has 0 heterocycles. The van der Waals surface area contributed by atoms with Crippen molar-refractivity contribution in [3.8, 4) is 0 Å². The van der Waals surface area contributed by atoms with Crippen LogP contribution in [-0.4, -0.2) is 19.9 Å². The van der Waals surface area contributed by atoms with Crippen molar-refractivity contribution in [3.63, 3.8) is 0 Å². The standard InChI is InChI=1S/C5H11N3/c1-3-4-7-8-5-6-2/h3,7-8H,1-2,4-5H2. The summed E-state index contributed by atoms with van der Waals surface area (Å²) < 4.78 is 0. The smallest absolute Gasteiger partial charge is 0.100 e. The second-order valence-corrected chi connectivity index (χ2v) is 1.23. The summed E-state index contributed by atoms with van der Waals surface area (Å²) in [4.78, 5) is 3.55. The molecule has 0 bridgehead atoms. The second kappa shape index (κ2) is 6.33. The van der Waals surface area contributed by atoms with E-state index in [1.807, 2.05) is 0 Å². The van der Waals surface area contributed by atoms with Gasteiger partial charge in [0, 0.05) is 6.54 Å². The van der Waals surface area contributed by atoms with Crippen LogP contribution in [0.25, 0.3) is 0 Å². The highest BCUT2D eigenvalue weighted by Crippen LogP contribution is 1.55. The average molecular weight is 113 g/mol. The van der Waals surface area contributed by atoms with Crippen molar-refractivity contribution in [2.45, 2.75) is 0 Å². The predicted molar refractivity (Wildman–Crippen MR) is 35.8 cm³/mol. The van der Waals surface area contributed by atoms with E-state index in [-0.39, 0.29) is 0 Å². The molecule has 3 heteroatoms. The third-order valence-corrected chi connectivity index (χ3v) is 0.562. The highest BCUT2D eigenvalue weighted by atomic mass is 15.4. The van der Waals surface area contributed by atoms with E-state index in [0.29, 0.717) is 6.67 Å². The lowest BCUT2D eigenvalue weighted by molar-refractivity contribution is 0.583. The molecule has 8 heavy (non-hydrogen) atoms. The summed E-state index contributed by atoms with van der Waals surface area (Å²) in [6, 6.07) is 0. The number of rotatable bonds is 5. The summed E-state index contributed by atoms with van der Waals surface area (Å²) in [5.74, 6) is 0. The van der Waals surface area contributed by atoms with E-state index in [1.165, 1.54) is 0 Å². The molecule has 3 nitrogen and oxygen atoms in total. The first-order valence-electron chi connectivity index (χ1n) is 2.41. The molecule has 0 aromatic carbocycles. The van der Waals surface area contributed by atoms with Crippen molar-refractivity contribution in [1.82, 2.24) is 10.9 Å². The minimum atomic E-state index is 0.536. The van der Waals surface area contributed by atoms with Gasteiger partial charge in [0.25, 0.3) is 0 Å². The van der Waals surface area contributed by atoms with E-state index in [1.54, 1.807) is 6.08 Å². The van der Waals surface area contributed by atoms with Crippen LogP contribution in [0.3, 0.4) is 0 Å². The van der Waals surface area contributed by atoms with Crippen LogP contribution in [0.1, 0.15) is 0 Å². The Morgan fingerprint density at radius 2 is 2.25 bits per heavy atom. The van der Waals surface area contributed by atoms with Crippen molar-refractivity contribution in [2.75, 3.05) is 13.2 Å². The van der Waals surface area contributed by atoms with Crippen LogP contribution in [0, 0.1) is 0 Å². The van der Waals surface area contributed by atoms with Crippen LogP contribution in [0.5, 0.6) is 0 Å². The van der Waals surface area contributed by atoms with Crippen LogP contribution in [0.4, 0.5) is 0 Å². The second-order valence-electron chi connectivity index (χ2n) is 1.23. The molecule has 0 saturated heterocycles. The third kappa shape index (κ3) is 5.33. The molecular weight excluding hydrogens is 102 g/mol. The average Bonchev–Trinajstić information content (AvgIpc) is 1.81. The Morgan fingerprint density at radius 3 is 2.75 bits per heavy atom. The van der Waals surface area contributed by atoms with Crippen LogP contribution in [0.2, 0.25) is 0 Å². The number of nitrogens with zero attached hydrogens (tertiary/aromatic N) is 1. The molecule has 0 atom stereocenters. The third-order valence-electron chi connectivity index (χ3n) is 0.562. The first-order valence-corrected chi connectivity index (χ1v) is 2.41. The van der Waals surface area contributed by atoms with E-state index < -0.39 is 0 Å². The first-order chi connectivity index (χ1) is 3.91. The van der Waals surface area contributed by atoms with Gasteiger partial charge >= 0.3 is 0 Å². The molecule has 2 N–H and O–H groups in total. The molecule has 0 radical (unpaired) electrons. The molecule has 0 aliphatic carbocycles. The minimum Gasteiger partial charge on any atom is -0.284 e. The minimum absolute atomic E-state index is 0.536. The number of hydrogen-bond acceptors (Lipinski definition) is 3.